The van der Waals surface area contributed by atoms with Gasteiger partial charge in [0.1, 0.15) is 12.6 Å². The van der Waals surface area contributed by atoms with E-state index in [0.29, 0.717) is 12.5 Å². The van der Waals surface area contributed by atoms with Gasteiger partial charge in [-0.25, -0.2) is 18.6 Å². The van der Waals surface area contributed by atoms with Crippen molar-refractivity contribution >= 4 is 17.8 Å². The number of carbonyl (C=O) groups excluding carboxylic acids is 2. The summed E-state index contributed by atoms with van der Waals surface area (Å²) in [6.45, 7) is 1.12. The molecule has 0 bridgehead atoms. The zero-order chi connectivity index (χ0) is 25.1. The van der Waals surface area contributed by atoms with Crippen LogP contribution in [0.5, 0.6) is 11.8 Å². The van der Waals surface area contributed by atoms with Gasteiger partial charge in [-0.1, -0.05) is 13.8 Å². The van der Waals surface area contributed by atoms with E-state index in [4.69, 9.17) is 9.47 Å². The lowest BCUT2D eigenvalue weighted by Gasteiger charge is -2.39. The molecule has 1 aromatic rings. The number of anilines is 1. The largest absolute Gasteiger partial charge is 0.475 e. The summed E-state index contributed by atoms with van der Waals surface area (Å²) in [6.07, 6.45) is -2.71. The van der Waals surface area contributed by atoms with E-state index in [2.05, 4.69) is 15.3 Å². The average molecular weight is 495 g/mol. The highest BCUT2D eigenvalue weighted by Gasteiger charge is 2.46. The number of halogens is 5. The van der Waals surface area contributed by atoms with Crippen LogP contribution in [0.2, 0.25) is 0 Å². The van der Waals surface area contributed by atoms with Gasteiger partial charge in [0.25, 0.3) is 11.8 Å². The van der Waals surface area contributed by atoms with Crippen LogP contribution in [0.25, 0.3) is 0 Å². The van der Waals surface area contributed by atoms with E-state index in [9.17, 15) is 31.5 Å². The van der Waals surface area contributed by atoms with Crippen molar-refractivity contribution in [3.05, 3.63) is 6.20 Å². The van der Waals surface area contributed by atoms with Crippen LogP contribution >= 0.6 is 0 Å². The lowest BCUT2D eigenvalue weighted by Crippen LogP contribution is -2.56. The zero-order valence-electron chi connectivity index (χ0n) is 18.6. The van der Waals surface area contributed by atoms with Gasteiger partial charge >= 0.3 is 12.3 Å². The smallest absolute Gasteiger partial charge is 0.414 e. The number of nitrogens with zero attached hydrogens (tertiary/aromatic N) is 3. The Bertz CT molecular complexity index is 887. The minimum atomic E-state index is -4.60. The molecule has 14 heteroatoms. The van der Waals surface area contributed by atoms with Crippen LogP contribution in [0.3, 0.4) is 0 Å². The molecule has 1 aliphatic heterocycles. The first-order chi connectivity index (χ1) is 15.8. The van der Waals surface area contributed by atoms with Crippen LogP contribution in [0.1, 0.15) is 33.1 Å². The molecule has 1 aromatic heterocycles. The number of nitrogens with one attached hydrogen (secondary N) is 2. The number of aromatic nitrogens is 2. The summed E-state index contributed by atoms with van der Waals surface area (Å²) < 4.78 is 74.4. The molecule has 2 aliphatic rings. The van der Waals surface area contributed by atoms with Crippen LogP contribution in [-0.4, -0.2) is 66.4 Å². The van der Waals surface area contributed by atoms with E-state index in [0.717, 1.165) is 19.0 Å². The molecule has 0 radical (unpaired) electrons. The van der Waals surface area contributed by atoms with Gasteiger partial charge in [-0.3, -0.25) is 4.79 Å². The highest BCUT2D eigenvalue weighted by molar-refractivity contribution is 5.86. The molecule has 0 aromatic carbocycles. The first-order valence-corrected chi connectivity index (χ1v) is 10.8. The van der Waals surface area contributed by atoms with Crippen LogP contribution in [0, 0.1) is 11.8 Å². The molecular weight excluding hydrogens is 469 g/mol. The van der Waals surface area contributed by atoms with Gasteiger partial charge in [0, 0.05) is 0 Å². The number of alkyl halides is 5. The van der Waals surface area contributed by atoms with Crippen molar-refractivity contribution in [3.8, 4) is 11.8 Å². The molecule has 34 heavy (non-hydrogen) atoms. The van der Waals surface area contributed by atoms with Crippen LogP contribution in [0.15, 0.2) is 6.20 Å². The molecule has 190 valence electrons. The number of hydrogen-bond donors (Lipinski definition) is 2. The zero-order valence-corrected chi connectivity index (χ0v) is 18.6. The Balaban J connectivity index is 1.65. The Labute approximate surface area is 192 Å². The summed E-state index contributed by atoms with van der Waals surface area (Å²) >= 11 is 0. The summed E-state index contributed by atoms with van der Waals surface area (Å²) in [4.78, 5) is 33.8. The van der Waals surface area contributed by atoms with Gasteiger partial charge < -0.3 is 25.0 Å². The van der Waals surface area contributed by atoms with Gasteiger partial charge in [-0.05, 0) is 31.1 Å². The second-order valence-electron chi connectivity index (χ2n) is 8.85. The van der Waals surface area contributed by atoms with E-state index in [1.807, 2.05) is 0 Å². The first-order valence-electron chi connectivity index (χ1n) is 10.8. The van der Waals surface area contributed by atoms with E-state index in [-0.39, 0.29) is 29.9 Å². The average Bonchev–Trinajstić information content (AvgIpc) is 3.52. The van der Waals surface area contributed by atoms with Crippen molar-refractivity contribution in [2.75, 3.05) is 31.1 Å². The van der Waals surface area contributed by atoms with Crippen LogP contribution < -0.4 is 25.0 Å². The number of rotatable bonds is 10. The third-order valence-corrected chi connectivity index (χ3v) is 4.97. The molecule has 1 atom stereocenters. The summed E-state index contributed by atoms with van der Waals surface area (Å²) in [5.74, 6) is -3.97. The molecule has 1 saturated carbocycles. The summed E-state index contributed by atoms with van der Waals surface area (Å²) in [5, 5.41) is 3.95. The molecule has 2 fully saturated rings. The van der Waals surface area contributed by atoms with Crippen molar-refractivity contribution in [1.29, 1.82) is 0 Å². The first kappa shape index (κ1) is 25.7. The second kappa shape index (κ2) is 10.1. The number of ether oxygens (including phenoxy) is 2. The lowest BCUT2D eigenvalue weighted by atomic mass is 10.0. The van der Waals surface area contributed by atoms with Crippen molar-refractivity contribution in [1.82, 2.24) is 20.6 Å². The number of carbonyl (C=O) groups is 2. The quantitative estimate of drug-likeness (QED) is 0.481. The Morgan fingerprint density at radius 3 is 2.50 bits per heavy atom. The van der Waals surface area contributed by atoms with Crippen LogP contribution in [0.4, 0.5) is 32.6 Å². The summed E-state index contributed by atoms with van der Waals surface area (Å²) in [5.41, 5.74) is 0. The fourth-order valence-electron chi connectivity index (χ4n) is 3.14. The van der Waals surface area contributed by atoms with Crippen molar-refractivity contribution < 1.29 is 41.0 Å². The Kier molecular flexibility index (Phi) is 7.66. The maximum absolute atomic E-state index is 13.3. The fourth-order valence-corrected chi connectivity index (χ4v) is 3.14. The Morgan fingerprint density at radius 1 is 1.26 bits per heavy atom. The minimum Gasteiger partial charge on any atom is -0.475 e. The maximum atomic E-state index is 13.3. The predicted molar refractivity (Wildman–Crippen MR) is 109 cm³/mol. The fraction of sp³-hybridized carbons (Fsp3) is 0.700. The molecule has 2 amide bonds. The molecule has 1 saturated heterocycles. The highest BCUT2D eigenvalue weighted by Crippen LogP contribution is 2.37. The van der Waals surface area contributed by atoms with Gasteiger partial charge in [0.15, 0.2) is 5.82 Å². The topological polar surface area (TPSA) is 106 Å². The summed E-state index contributed by atoms with van der Waals surface area (Å²) in [6, 6.07) is -1.28. The van der Waals surface area contributed by atoms with Crippen molar-refractivity contribution in [2.45, 2.75) is 51.3 Å². The van der Waals surface area contributed by atoms with Crippen LogP contribution in [-0.2, 0) is 4.79 Å². The molecule has 2 N–H and O–H groups in total. The summed E-state index contributed by atoms with van der Waals surface area (Å²) in [7, 11) is 0. The third-order valence-electron chi connectivity index (χ3n) is 4.97. The van der Waals surface area contributed by atoms with Gasteiger partial charge in [-0.15, -0.1) is 0 Å². The van der Waals surface area contributed by atoms with E-state index in [1.165, 1.54) is 4.90 Å². The Morgan fingerprint density at radius 2 is 1.94 bits per heavy atom. The molecular formula is C20H26F5N5O4. The van der Waals surface area contributed by atoms with E-state index in [1.54, 1.807) is 19.2 Å². The number of amides is 2. The minimum absolute atomic E-state index is 0.0579. The third kappa shape index (κ3) is 7.83. The van der Waals surface area contributed by atoms with Crippen molar-refractivity contribution in [3.63, 3.8) is 0 Å². The Hall–Kier alpha value is -2.93. The predicted octanol–water partition coefficient (Wildman–Crippen LogP) is 2.90. The SMILES string of the molecule is CC(C)C[C@H](NC(=O)Oc1cnc(N2CC(F)(F)C2)c(OCC2CC2)n1)C(=O)NCC(F)(F)F. The molecule has 1 aliphatic carbocycles. The number of hydrogen-bond acceptors (Lipinski definition) is 7. The molecule has 3 rings (SSSR count). The lowest BCUT2D eigenvalue weighted by molar-refractivity contribution is -0.139. The standard InChI is InChI=1S/C20H26F5N5O4/c1-11(2)5-13(16(31)27-8-20(23,24)25)28-18(32)34-14-6-26-15(30-9-19(21,22)10-30)17(29-14)33-7-12-3-4-12/h6,11-13H,3-5,7-10H2,1-2H3,(H,27,31)(H,28,32)/t13-/m0/s1. The monoisotopic (exact) mass is 495 g/mol. The van der Waals surface area contributed by atoms with E-state index < -0.39 is 49.8 Å². The van der Waals surface area contributed by atoms with Gasteiger partial charge in [0.2, 0.25) is 11.8 Å². The van der Waals surface area contributed by atoms with E-state index >= 15 is 0 Å². The van der Waals surface area contributed by atoms with Gasteiger partial charge in [-0.2, -0.15) is 18.2 Å². The maximum Gasteiger partial charge on any atom is 0.414 e. The molecule has 0 spiro atoms. The highest BCUT2D eigenvalue weighted by atomic mass is 19.4. The molecule has 9 nitrogen and oxygen atoms in total. The molecule has 0 unspecified atom stereocenters. The van der Waals surface area contributed by atoms with Crippen molar-refractivity contribution in [2.24, 2.45) is 11.8 Å². The second-order valence-corrected chi connectivity index (χ2v) is 8.85. The molecule has 2 heterocycles. The normalized spacial score (nSPS) is 18.2. The van der Waals surface area contributed by atoms with Gasteiger partial charge in [0.05, 0.1) is 25.9 Å².